The fourth-order valence-electron chi connectivity index (χ4n) is 3.04. The number of hydrogen-bond acceptors (Lipinski definition) is 7. The van der Waals surface area contributed by atoms with Crippen molar-refractivity contribution in [2.24, 2.45) is 4.99 Å². The third-order valence-electron chi connectivity index (χ3n) is 4.47. The molecule has 1 aliphatic rings. The number of amides is 2. The number of amidine groups is 1. The molecule has 0 radical (unpaired) electrons. The molecule has 174 valence electrons. The maximum absolute atomic E-state index is 12.9. The summed E-state index contributed by atoms with van der Waals surface area (Å²) in [5, 5.41) is 13.2. The topological polar surface area (TPSA) is 114 Å². The van der Waals surface area contributed by atoms with Gasteiger partial charge in [-0.1, -0.05) is 24.8 Å². The second-order valence-corrected chi connectivity index (χ2v) is 8.09. The molecule has 1 N–H and O–H groups in total. The van der Waals surface area contributed by atoms with E-state index in [0.29, 0.717) is 23.8 Å². The van der Waals surface area contributed by atoms with Crippen LogP contribution in [0.15, 0.2) is 53.5 Å². The number of hydrogen-bond donors (Lipinski definition) is 1. The van der Waals surface area contributed by atoms with Gasteiger partial charge in [-0.25, -0.2) is 4.99 Å². The summed E-state index contributed by atoms with van der Waals surface area (Å²) >= 11 is 1.13. The van der Waals surface area contributed by atoms with Crippen LogP contribution in [0, 0.1) is 10.1 Å². The fraction of sp³-hybridized carbons (Fsp3) is 0.286. The third-order valence-corrected chi connectivity index (χ3v) is 5.64. The molecule has 1 fully saturated rings. The number of aliphatic imine (C=N–C) groups is 1. The number of ether oxygens (including phenoxy) is 1. The van der Waals surface area contributed by atoms with Gasteiger partial charge in [0.2, 0.25) is 11.8 Å². The maximum atomic E-state index is 12.9. The molecule has 0 saturated carbocycles. The normalized spacial score (nSPS) is 17.0. The number of nitrogens with zero attached hydrogens (tertiary/aromatic N) is 3. The van der Waals surface area contributed by atoms with Crippen molar-refractivity contribution < 1.29 is 28.0 Å². The highest BCUT2D eigenvalue weighted by molar-refractivity contribution is 8.15. The van der Waals surface area contributed by atoms with Crippen LogP contribution < -0.4 is 10.1 Å². The third kappa shape index (κ3) is 6.48. The average Bonchev–Trinajstić information content (AvgIpc) is 3.04. The molecular formula is C21H20F2N4O5S. The minimum Gasteiger partial charge on any atom is -0.435 e. The quantitative estimate of drug-likeness (QED) is 0.417. The van der Waals surface area contributed by atoms with E-state index in [1.165, 1.54) is 53.4 Å². The first-order chi connectivity index (χ1) is 15.8. The van der Waals surface area contributed by atoms with Gasteiger partial charge in [-0.05, 0) is 36.8 Å². The Hall–Kier alpha value is -3.54. The number of nitro groups is 1. The van der Waals surface area contributed by atoms with Gasteiger partial charge >= 0.3 is 6.61 Å². The van der Waals surface area contributed by atoms with Crippen LogP contribution >= 0.6 is 11.8 Å². The Labute approximate surface area is 192 Å². The van der Waals surface area contributed by atoms with Crippen LogP contribution in [0.25, 0.3) is 0 Å². The summed E-state index contributed by atoms with van der Waals surface area (Å²) in [4.78, 5) is 41.6. The molecule has 0 unspecified atom stereocenters. The number of nitrogens with one attached hydrogen (secondary N) is 1. The van der Waals surface area contributed by atoms with Crippen molar-refractivity contribution in [3.05, 3.63) is 58.6 Å². The van der Waals surface area contributed by atoms with E-state index in [1.807, 2.05) is 6.92 Å². The highest BCUT2D eigenvalue weighted by atomic mass is 32.2. The number of anilines is 1. The van der Waals surface area contributed by atoms with E-state index < -0.39 is 22.7 Å². The Morgan fingerprint density at radius 1 is 1.30 bits per heavy atom. The van der Waals surface area contributed by atoms with Crippen LogP contribution in [0.5, 0.6) is 5.75 Å². The predicted molar refractivity (Wildman–Crippen MR) is 120 cm³/mol. The standard InChI is InChI=1S/C21H20F2N4O5S/c1-2-10-26-19(29)17(12-18(28)24-14-4-3-5-15(11-14)27(30)31)33-21(26)25-13-6-8-16(9-7-13)32-20(22)23/h3-9,11,17,20H,2,10,12H2,1H3,(H,24,28)/t17-/m1/s1. The molecule has 1 aliphatic heterocycles. The lowest BCUT2D eigenvalue weighted by Gasteiger charge is -2.15. The zero-order valence-corrected chi connectivity index (χ0v) is 18.3. The lowest BCUT2D eigenvalue weighted by Crippen LogP contribution is -2.34. The summed E-state index contributed by atoms with van der Waals surface area (Å²) < 4.78 is 28.9. The summed E-state index contributed by atoms with van der Waals surface area (Å²) in [6.45, 7) is -0.631. The summed E-state index contributed by atoms with van der Waals surface area (Å²) in [7, 11) is 0. The number of non-ortho nitro benzene ring substituents is 1. The van der Waals surface area contributed by atoms with E-state index in [9.17, 15) is 28.5 Å². The molecule has 9 nitrogen and oxygen atoms in total. The second-order valence-electron chi connectivity index (χ2n) is 6.92. The molecule has 0 bridgehead atoms. The van der Waals surface area contributed by atoms with E-state index in [1.54, 1.807) is 0 Å². The molecule has 0 aromatic heterocycles. The fourth-order valence-corrected chi connectivity index (χ4v) is 4.23. The second kappa shape index (κ2) is 10.9. The number of carbonyl (C=O) groups is 2. The molecule has 1 atom stereocenters. The SMILES string of the molecule is CCCN1C(=O)[C@@H](CC(=O)Nc2cccc([N+](=O)[O-])c2)SC1=Nc1ccc(OC(F)F)cc1. The van der Waals surface area contributed by atoms with Crippen molar-refractivity contribution in [3.8, 4) is 5.75 Å². The number of carbonyl (C=O) groups excluding carboxylic acids is 2. The Bertz CT molecular complexity index is 1060. The summed E-state index contributed by atoms with van der Waals surface area (Å²) in [5.41, 5.74) is 0.539. The molecule has 1 heterocycles. The first kappa shape index (κ1) is 24.1. The molecular weight excluding hydrogens is 458 g/mol. The zero-order valence-electron chi connectivity index (χ0n) is 17.4. The minimum absolute atomic E-state index is 0.00906. The van der Waals surface area contributed by atoms with Gasteiger partial charge in [0.1, 0.15) is 11.0 Å². The van der Waals surface area contributed by atoms with Gasteiger partial charge in [0.25, 0.3) is 5.69 Å². The Balaban J connectivity index is 1.70. The molecule has 2 aromatic rings. The minimum atomic E-state index is -2.93. The monoisotopic (exact) mass is 478 g/mol. The lowest BCUT2D eigenvalue weighted by molar-refractivity contribution is -0.384. The van der Waals surface area contributed by atoms with Crippen molar-refractivity contribution in [3.63, 3.8) is 0 Å². The van der Waals surface area contributed by atoms with Gasteiger partial charge in [-0.2, -0.15) is 8.78 Å². The van der Waals surface area contributed by atoms with E-state index >= 15 is 0 Å². The Kier molecular flexibility index (Phi) is 7.93. The summed E-state index contributed by atoms with van der Waals surface area (Å²) in [5.74, 6) is -0.745. The molecule has 3 rings (SSSR count). The maximum Gasteiger partial charge on any atom is 0.387 e. The van der Waals surface area contributed by atoms with Crippen LogP contribution in [-0.2, 0) is 9.59 Å². The number of halogens is 2. The highest BCUT2D eigenvalue weighted by Crippen LogP contribution is 2.32. The first-order valence-electron chi connectivity index (χ1n) is 9.92. The van der Waals surface area contributed by atoms with Crippen LogP contribution in [0.2, 0.25) is 0 Å². The average molecular weight is 478 g/mol. The molecule has 0 spiro atoms. The molecule has 0 aliphatic carbocycles. The van der Waals surface area contributed by atoms with Crippen molar-refractivity contribution in [1.29, 1.82) is 0 Å². The molecule has 2 aromatic carbocycles. The van der Waals surface area contributed by atoms with Gasteiger partial charge in [-0.3, -0.25) is 24.6 Å². The zero-order chi connectivity index (χ0) is 24.0. The van der Waals surface area contributed by atoms with Gasteiger partial charge in [0.05, 0.1) is 10.6 Å². The predicted octanol–water partition coefficient (Wildman–Crippen LogP) is 4.57. The van der Waals surface area contributed by atoms with Gasteiger partial charge in [0, 0.05) is 30.8 Å². The summed E-state index contributed by atoms with van der Waals surface area (Å²) in [6.07, 6.45) is 0.520. The molecule has 2 amide bonds. The highest BCUT2D eigenvalue weighted by Gasteiger charge is 2.38. The van der Waals surface area contributed by atoms with Crippen molar-refractivity contribution in [1.82, 2.24) is 4.90 Å². The number of nitro benzene ring substituents is 1. The Morgan fingerprint density at radius 3 is 2.67 bits per heavy atom. The Morgan fingerprint density at radius 2 is 2.03 bits per heavy atom. The first-order valence-corrected chi connectivity index (χ1v) is 10.8. The van der Waals surface area contributed by atoms with Crippen molar-refractivity contribution in [2.75, 3.05) is 11.9 Å². The number of alkyl halides is 2. The summed E-state index contributed by atoms with van der Waals surface area (Å²) in [6, 6.07) is 11.2. The van der Waals surface area contributed by atoms with Crippen LogP contribution in [-0.4, -0.2) is 45.2 Å². The van der Waals surface area contributed by atoms with Crippen LogP contribution in [0.1, 0.15) is 19.8 Å². The largest absolute Gasteiger partial charge is 0.435 e. The van der Waals surface area contributed by atoms with E-state index in [0.717, 1.165) is 11.8 Å². The van der Waals surface area contributed by atoms with E-state index in [4.69, 9.17) is 0 Å². The number of benzene rings is 2. The van der Waals surface area contributed by atoms with Gasteiger partial charge < -0.3 is 10.1 Å². The van der Waals surface area contributed by atoms with Crippen LogP contribution in [0.3, 0.4) is 0 Å². The van der Waals surface area contributed by atoms with Gasteiger partial charge in [0.15, 0.2) is 5.17 Å². The number of thioether (sulfide) groups is 1. The van der Waals surface area contributed by atoms with E-state index in [2.05, 4.69) is 15.0 Å². The van der Waals surface area contributed by atoms with Crippen LogP contribution in [0.4, 0.5) is 25.8 Å². The van der Waals surface area contributed by atoms with Crippen molar-refractivity contribution in [2.45, 2.75) is 31.6 Å². The van der Waals surface area contributed by atoms with Gasteiger partial charge in [-0.15, -0.1) is 0 Å². The smallest absolute Gasteiger partial charge is 0.387 e. The number of rotatable bonds is 9. The molecule has 1 saturated heterocycles. The molecule has 12 heteroatoms. The molecule has 33 heavy (non-hydrogen) atoms. The lowest BCUT2D eigenvalue weighted by atomic mass is 10.2. The van der Waals surface area contributed by atoms with E-state index in [-0.39, 0.29) is 29.5 Å². The van der Waals surface area contributed by atoms with Crippen molar-refractivity contribution >= 4 is 45.8 Å².